The van der Waals surface area contributed by atoms with Gasteiger partial charge < -0.3 is 15.2 Å². The van der Waals surface area contributed by atoms with Gasteiger partial charge in [-0.05, 0) is 44.4 Å². The van der Waals surface area contributed by atoms with Crippen molar-refractivity contribution < 1.29 is 19.0 Å². The van der Waals surface area contributed by atoms with Crippen molar-refractivity contribution in [3.05, 3.63) is 29.6 Å². The van der Waals surface area contributed by atoms with Gasteiger partial charge in [0.15, 0.2) is 0 Å². The Morgan fingerprint density at radius 2 is 2.24 bits per heavy atom. The zero-order chi connectivity index (χ0) is 15.4. The number of carboxylic acids is 1. The number of rotatable bonds is 5. The maximum Gasteiger partial charge on any atom is 0.306 e. The summed E-state index contributed by atoms with van der Waals surface area (Å²) in [5.74, 6) is -0.663. The van der Waals surface area contributed by atoms with Crippen LogP contribution in [0.5, 0.6) is 5.75 Å². The summed E-state index contributed by atoms with van der Waals surface area (Å²) in [6.45, 7) is 1.95. The Kier molecular flexibility index (Phi) is 5.17. The predicted molar refractivity (Wildman–Crippen MR) is 77.9 cm³/mol. The van der Waals surface area contributed by atoms with Gasteiger partial charge in [0, 0.05) is 17.6 Å². The Morgan fingerprint density at radius 1 is 1.48 bits per heavy atom. The van der Waals surface area contributed by atoms with E-state index in [1.165, 1.54) is 12.1 Å². The Balaban J connectivity index is 2.05. The number of hydrogen-bond donors (Lipinski definition) is 2. The zero-order valence-corrected chi connectivity index (χ0v) is 12.4. The molecular formula is C16H22FNO3. The van der Waals surface area contributed by atoms with Crippen LogP contribution >= 0.6 is 0 Å². The van der Waals surface area contributed by atoms with Crippen LogP contribution in [0.4, 0.5) is 4.39 Å². The molecule has 4 nitrogen and oxygen atoms in total. The molecule has 0 saturated heterocycles. The number of carbonyl (C=O) groups is 1. The second-order valence-electron chi connectivity index (χ2n) is 5.67. The van der Waals surface area contributed by atoms with Gasteiger partial charge in [-0.1, -0.05) is 6.42 Å². The molecule has 0 bridgehead atoms. The summed E-state index contributed by atoms with van der Waals surface area (Å²) in [4.78, 5) is 11.1. The summed E-state index contributed by atoms with van der Waals surface area (Å²) >= 11 is 0. The van der Waals surface area contributed by atoms with E-state index in [1.54, 1.807) is 13.2 Å². The van der Waals surface area contributed by atoms with Crippen molar-refractivity contribution >= 4 is 5.97 Å². The van der Waals surface area contributed by atoms with E-state index in [1.807, 2.05) is 6.92 Å². The van der Waals surface area contributed by atoms with E-state index in [9.17, 15) is 9.18 Å². The van der Waals surface area contributed by atoms with Crippen LogP contribution in [-0.4, -0.2) is 24.2 Å². The number of carboxylic acid groups (broad SMARTS) is 1. The fourth-order valence-electron chi connectivity index (χ4n) is 3.05. The van der Waals surface area contributed by atoms with Crippen LogP contribution in [0.2, 0.25) is 0 Å². The van der Waals surface area contributed by atoms with Gasteiger partial charge in [0.2, 0.25) is 0 Å². The van der Waals surface area contributed by atoms with Gasteiger partial charge in [0.25, 0.3) is 0 Å². The number of hydrogen-bond acceptors (Lipinski definition) is 3. The third kappa shape index (κ3) is 3.94. The van der Waals surface area contributed by atoms with E-state index in [-0.39, 0.29) is 23.8 Å². The summed E-state index contributed by atoms with van der Waals surface area (Å²) in [6, 6.07) is 4.50. The summed E-state index contributed by atoms with van der Waals surface area (Å²) in [7, 11) is 1.56. The van der Waals surface area contributed by atoms with Gasteiger partial charge in [-0.15, -0.1) is 0 Å². The van der Waals surface area contributed by atoms with Crippen molar-refractivity contribution in [3.63, 3.8) is 0 Å². The molecular weight excluding hydrogens is 273 g/mol. The van der Waals surface area contributed by atoms with Crippen LogP contribution in [0, 0.1) is 11.7 Å². The number of nitrogens with one attached hydrogen (secondary N) is 1. The molecule has 0 radical (unpaired) electrons. The van der Waals surface area contributed by atoms with Gasteiger partial charge in [0.05, 0.1) is 13.0 Å². The first kappa shape index (κ1) is 15.8. The second-order valence-corrected chi connectivity index (χ2v) is 5.67. The second kappa shape index (κ2) is 6.89. The number of halogens is 1. The molecule has 0 heterocycles. The molecule has 3 unspecified atom stereocenters. The van der Waals surface area contributed by atoms with Crippen LogP contribution in [0.1, 0.15) is 44.2 Å². The fourth-order valence-corrected chi connectivity index (χ4v) is 3.05. The van der Waals surface area contributed by atoms with Gasteiger partial charge in [0.1, 0.15) is 11.6 Å². The highest BCUT2D eigenvalue weighted by Crippen LogP contribution is 2.30. The maximum atomic E-state index is 13.4. The highest BCUT2D eigenvalue weighted by atomic mass is 19.1. The summed E-state index contributed by atoms with van der Waals surface area (Å²) in [5.41, 5.74) is 0.759. The molecule has 1 aromatic carbocycles. The molecule has 2 N–H and O–H groups in total. The number of ether oxygens (including phenoxy) is 1. The third-order valence-corrected chi connectivity index (χ3v) is 4.17. The monoisotopic (exact) mass is 295 g/mol. The normalized spacial score (nSPS) is 23.6. The fraction of sp³-hybridized carbons (Fsp3) is 0.562. The first-order valence-electron chi connectivity index (χ1n) is 7.33. The zero-order valence-electron chi connectivity index (χ0n) is 12.4. The standard InChI is InChI=1S/C16H22FNO3/c1-10(14-9-12(17)6-7-15(14)21-2)18-13-5-3-4-11(8-13)16(19)20/h6-7,9-11,13,18H,3-5,8H2,1-2H3,(H,19,20). The van der Waals surface area contributed by atoms with Crippen LogP contribution in [0.3, 0.4) is 0 Å². The van der Waals surface area contributed by atoms with E-state index in [2.05, 4.69) is 5.32 Å². The van der Waals surface area contributed by atoms with Crippen LogP contribution < -0.4 is 10.1 Å². The van der Waals surface area contributed by atoms with Gasteiger partial charge >= 0.3 is 5.97 Å². The predicted octanol–water partition coefficient (Wildman–Crippen LogP) is 3.13. The molecule has 21 heavy (non-hydrogen) atoms. The van der Waals surface area contributed by atoms with Crippen LogP contribution in [-0.2, 0) is 4.79 Å². The number of benzene rings is 1. The molecule has 0 spiro atoms. The van der Waals surface area contributed by atoms with E-state index in [0.717, 1.165) is 24.8 Å². The lowest BCUT2D eigenvalue weighted by Gasteiger charge is -2.30. The maximum absolute atomic E-state index is 13.4. The Morgan fingerprint density at radius 3 is 2.90 bits per heavy atom. The molecule has 5 heteroatoms. The van der Waals surface area contributed by atoms with E-state index < -0.39 is 5.97 Å². The van der Waals surface area contributed by atoms with Crippen molar-refractivity contribution in [2.75, 3.05) is 7.11 Å². The van der Waals surface area contributed by atoms with Crippen molar-refractivity contribution in [2.45, 2.75) is 44.7 Å². The number of aliphatic carboxylic acids is 1. The minimum Gasteiger partial charge on any atom is -0.496 e. The quantitative estimate of drug-likeness (QED) is 0.876. The third-order valence-electron chi connectivity index (χ3n) is 4.17. The van der Waals surface area contributed by atoms with Gasteiger partial charge in [-0.2, -0.15) is 0 Å². The minimum atomic E-state index is -0.725. The van der Waals surface area contributed by atoms with E-state index in [4.69, 9.17) is 9.84 Å². The summed E-state index contributed by atoms with van der Waals surface area (Å²) in [5, 5.41) is 12.5. The van der Waals surface area contributed by atoms with Crippen LogP contribution in [0.15, 0.2) is 18.2 Å². The first-order valence-corrected chi connectivity index (χ1v) is 7.33. The van der Waals surface area contributed by atoms with Crippen molar-refractivity contribution in [2.24, 2.45) is 5.92 Å². The lowest BCUT2D eigenvalue weighted by molar-refractivity contribution is -0.143. The average molecular weight is 295 g/mol. The molecule has 1 aromatic rings. The SMILES string of the molecule is COc1ccc(F)cc1C(C)NC1CCCC(C(=O)O)C1. The lowest BCUT2D eigenvalue weighted by atomic mass is 9.85. The first-order chi connectivity index (χ1) is 10.0. The molecule has 1 aliphatic carbocycles. The van der Waals surface area contributed by atoms with Crippen molar-refractivity contribution in [1.82, 2.24) is 5.32 Å². The molecule has 0 amide bonds. The molecule has 0 aromatic heterocycles. The molecule has 116 valence electrons. The largest absolute Gasteiger partial charge is 0.496 e. The highest BCUT2D eigenvalue weighted by Gasteiger charge is 2.28. The number of methoxy groups -OCH3 is 1. The van der Waals surface area contributed by atoms with E-state index in [0.29, 0.717) is 12.2 Å². The molecule has 1 saturated carbocycles. The van der Waals surface area contributed by atoms with E-state index >= 15 is 0 Å². The van der Waals surface area contributed by atoms with Gasteiger partial charge in [-0.3, -0.25) is 4.79 Å². The molecule has 2 rings (SSSR count). The minimum absolute atomic E-state index is 0.0896. The smallest absolute Gasteiger partial charge is 0.306 e. The average Bonchev–Trinajstić information content (AvgIpc) is 2.47. The van der Waals surface area contributed by atoms with Crippen molar-refractivity contribution in [3.8, 4) is 5.75 Å². The van der Waals surface area contributed by atoms with Crippen molar-refractivity contribution in [1.29, 1.82) is 0 Å². The van der Waals surface area contributed by atoms with Gasteiger partial charge in [-0.25, -0.2) is 4.39 Å². The highest BCUT2D eigenvalue weighted by molar-refractivity contribution is 5.70. The Hall–Kier alpha value is -1.62. The topological polar surface area (TPSA) is 58.6 Å². The molecule has 3 atom stereocenters. The Bertz CT molecular complexity index is 506. The molecule has 1 fully saturated rings. The Labute approximate surface area is 124 Å². The lowest BCUT2D eigenvalue weighted by Crippen LogP contribution is -2.37. The van der Waals surface area contributed by atoms with Crippen LogP contribution in [0.25, 0.3) is 0 Å². The molecule has 0 aliphatic heterocycles. The summed E-state index contributed by atoms with van der Waals surface area (Å²) < 4.78 is 18.7. The summed E-state index contributed by atoms with van der Waals surface area (Å²) in [6.07, 6.45) is 3.22. The molecule has 1 aliphatic rings.